The first-order valence-corrected chi connectivity index (χ1v) is 9.16. The minimum absolute atomic E-state index is 0.318. The summed E-state index contributed by atoms with van der Waals surface area (Å²) in [4.78, 5) is 17.4. The third-order valence-electron chi connectivity index (χ3n) is 4.60. The van der Waals surface area contributed by atoms with Crippen LogP contribution in [0.15, 0.2) is 60.8 Å². The van der Waals surface area contributed by atoms with Gasteiger partial charge in [0.25, 0.3) is 5.91 Å². The topological polar surface area (TPSA) is 87.0 Å². The van der Waals surface area contributed by atoms with E-state index in [4.69, 9.17) is 14.2 Å². The summed E-state index contributed by atoms with van der Waals surface area (Å²) >= 11 is 0. The smallest absolute Gasteiger partial charge is 0.263 e. The van der Waals surface area contributed by atoms with Gasteiger partial charge in [0.1, 0.15) is 17.1 Å². The van der Waals surface area contributed by atoms with Crippen molar-refractivity contribution in [2.24, 2.45) is 0 Å². The van der Waals surface area contributed by atoms with Gasteiger partial charge in [-0.25, -0.2) is 9.50 Å². The van der Waals surface area contributed by atoms with Crippen molar-refractivity contribution in [1.82, 2.24) is 14.6 Å². The number of nitrogens with zero attached hydrogens (tertiary/aromatic N) is 3. The number of rotatable bonds is 6. The number of benzene rings is 2. The molecular weight excluding hydrogens is 384 g/mol. The molecule has 0 radical (unpaired) electrons. The van der Waals surface area contributed by atoms with E-state index in [0.29, 0.717) is 34.3 Å². The predicted octanol–water partition coefficient (Wildman–Crippen LogP) is 3.67. The van der Waals surface area contributed by atoms with E-state index in [1.165, 1.54) is 14.2 Å². The Kier molecular flexibility index (Phi) is 5.21. The van der Waals surface area contributed by atoms with E-state index in [0.717, 1.165) is 11.3 Å². The van der Waals surface area contributed by atoms with E-state index in [1.54, 1.807) is 35.9 Å². The Morgan fingerprint density at radius 2 is 1.60 bits per heavy atom. The van der Waals surface area contributed by atoms with Crippen LogP contribution in [0.3, 0.4) is 0 Å². The number of anilines is 1. The molecule has 0 spiro atoms. The molecule has 30 heavy (non-hydrogen) atoms. The van der Waals surface area contributed by atoms with Crippen LogP contribution in [0.4, 0.5) is 5.69 Å². The van der Waals surface area contributed by atoms with Crippen LogP contribution in [-0.4, -0.2) is 41.8 Å². The lowest BCUT2D eigenvalue weighted by molar-refractivity contribution is 0.102. The van der Waals surface area contributed by atoms with Gasteiger partial charge in [0.15, 0.2) is 5.65 Å². The highest BCUT2D eigenvalue weighted by atomic mass is 16.5. The lowest BCUT2D eigenvalue weighted by atomic mass is 10.1. The summed E-state index contributed by atoms with van der Waals surface area (Å²) in [6.07, 6.45) is 1.82. The van der Waals surface area contributed by atoms with Gasteiger partial charge in [-0.15, -0.1) is 5.10 Å². The summed E-state index contributed by atoms with van der Waals surface area (Å²) in [6, 6.07) is 16.2. The van der Waals surface area contributed by atoms with Gasteiger partial charge in [0, 0.05) is 17.3 Å². The van der Waals surface area contributed by atoms with Gasteiger partial charge in [-0.2, -0.15) is 0 Å². The zero-order chi connectivity index (χ0) is 21.1. The minimum Gasteiger partial charge on any atom is -0.496 e. The summed E-state index contributed by atoms with van der Waals surface area (Å²) in [5, 5.41) is 7.19. The second kappa shape index (κ2) is 8.12. The Hall–Kier alpha value is -4.07. The van der Waals surface area contributed by atoms with Gasteiger partial charge >= 0.3 is 0 Å². The number of amides is 1. The maximum absolute atomic E-state index is 12.8. The van der Waals surface area contributed by atoms with E-state index in [9.17, 15) is 4.79 Å². The van der Waals surface area contributed by atoms with Crippen LogP contribution in [0.5, 0.6) is 17.4 Å². The second-order valence-electron chi connectivity index (χ2n) is 6.37. The maximum atomic E-state index is 12.8. The molecule has 0 aliphatic rings. The number of carbonyl (C=O) groups is 1. The van der Waals surface area contributed by atoms with E-state index < -0.39 is 0 Å². The molecule has 0 atom stereocenters. The second-order valence-corrected chi connectivity index (χ2v) is 6.37. The fraction of sp³-hybridized carbons (Fsp3) is 0.136. The number of ether oxygens (including phenoxy) is 3. The average Bonchev–Trinajstić information content (AvgIpc) is 3.22. The lowest BCUT2D eigenvalue weighted by Crippen LogP contribution is -2.14. The molecule has 1 amide bonds. The third kappa shape index (κ3) is 3.62. The largest absolute Gasteiger partial charge is 0.496 e. The lowest BCUT2D eigenvalue weighted by Gasteiger charge is -2.13. The van der Waals surface area contributed by atoms with E-state index >= 15 is 0 Å². The number of fused-ring (bicyclic) bond motifs is 1. The molecule has 0 saturated carbocycles. The Labute approximate surface area is 173 Å². The van der Waals surface area contributed by atoms with Gasteiger partial charge in [0.2, 0.25) is 5.88 Å². The zero-order valence-electron chi connectivity index (χ0n) is 16.7. The highest BCUT2D eigenvalue weighted by Gasteiger charge is 2.18. The number of nitrogens with one attached hydrogen (secondary N) is 1. The number of aromatic nitrogens is 3. The molecule has 4 rings (SSSR count). The van der Waals surface area contributed by atoms with Crippen molar-refractivity contribution < 1.29 is 19.0 Å². The Balaban J connectivity index is 1.57. The number of imidazole rings is 1. The summed E-state index contributed by atoms with van der Waals surface area (Å²) in [7, 11) is 4.60. The SMILES string of the molecule is COc1ccc2nc(-c3ccc(NC(=O)c4c(OC)cccc4OC)cc3)cn2n1. The molecular formula is C22H20N4O4. The molecule has 0 aliphatic heterocycles. The number of hydrogen-bond acceptors (Lipinski definition) is 6. The van der Waals surface area contributed by atoms with Gasteiger partial charge in [-0.05, 0) is 30.3 Å². The van der Waals surface area contributed by atoms with Gasteiger partial charge < -0.3 is 19.5 Å². The van der Waals surface area contributed by atoms with Gasteiger partial charge in [0.05, 0.1) is 33.2 Å². The van der Waals surface area contributed by atoms with Crippen LogP contribution in [0.25, 0.3) is 16.9 Å². The third-order valence-corrected chi connectivity index (χ3v) is 4.60. The van der Waals surface area contributed by atoms with Crippen molar-refractivity contribution in [3.05, 3.63) is 66.4 Å². The number of hydrogen-bond donors (Lipinski definition) is 1. The van der Waals surface area contributed by atoms with Crippen LogP contribution in [0.2, 0.25) is 0 Å². The molecule has 0 saturated heterocycles. The Morgan fingerprint density at radius 1 is 0.900 bits per heavy atom. The fourth-order valence-electron chi connectivity index (χ4n) is 3.11. The normalized spacial score (nSPS) is 10.6. The number of carbonyl (C=O) groups excluding carboxylic acids is 1. The summed E-state index contributed by atoms with van der Waals surface area (Å²) < 4.78 is 17.4. The quantitative estimate of drug-likeness (QED) is 0.528. The van der Waals surface area contributed by atoms with Crippen molar-refractivity contribution in [1.29, 1.82) is 0 Å². The van der Waals surface area contributed by atoms with Crippen LogP contribution in [0, 0.1) is 0 Å². The summed E-state index contributed by atoms with van der Waals surface area (Å²) in [5.74, 6) is 1.07. The molecule has 0 fully saturated rings. The van der Waals surface area contributed by atoms with E-state index in [-0.39, 0.29) is 5.91 Å². The standard InChI is InChI=1S/C22H20N4O4/c1-28-17-5-4-6-18(29-2)21(17)22(27)23-15-9-7-14(8-10-15)16-13-26-19(24-16)11-12-20(25-26)30-3/h4-13H,1-3H3,(H,23,27). The van der Waals surface area contributed by atoms with Crippen LogP contribution in [-0.2, 0) is 0 Å². The van der Waals surface area contributed by atoms with Crippen molar-refractivity contribution >= 4 is 17.2 Å². The first-order chi connectivity index (χ1) is 14.6. The number of methoxy groups -OCH3 is 3. The minimum atomic E-state index is -0.318. The van der Waals surface area contributed by atoms with Crippen LogP contribution >= 0.6 is 0 Å². The molecule has 152 valence electrons. The first-order valence-electron chi connectivity index (χ1n) is 9.16. The van der Waals surface area contributed by atoms with Crippen molar-refractivity contribution in [2.75, 3.05) is 26.6 Å². The fourth-order valence-corrected chi connectivity index (χ4v) is 3.11. The molecule has 0 aliphatic carbocycles. The molecule has 8 heteroatoms. The first kappa shape index (κ1) is 19.3. The molecule has 1 N–H and O–H groups in total. The van der Waals surface area contributed by atoms with E-state index in [2.05, 4.69) is 15.4 Å². The van der Waals surface area contributed by atoms with Crippen molar-refractivity contribution in [3.8, 4) is 28.6 Å². The molecule has 2 heterocycles. The van der Waals surface area contributed by atoms with Crippen molar-refractivity contribution in [3.63, 3.8) is 0 Å². The predicted molar refractivity (Wildman–Crippen MR) is 112 cm³/mol. The molecule has 0 unspecified atom stereocenters. The molecule has 4 aromatic rings. The summed E-state index contributed by atoms with van der Waals surface area (Å²) in [6.45, 7) is 0. The van der Waals surface area contributed by atoms with Crippen molar-refractivity contribution in [2.45, 2.75) is 0 Å². The highest BCUT2D eigenvalue weighted by molar-refractivity contribution is 6.08. The average molecular weight is 404 g/mol. The Morgan fingerprint density at radius 3 is 2.23 bits per heavy atom. The van der Waals surface area contributed by atoms with Gasteiger partial charge in [-0.1, -0.05) is 18.2 Å². The molecule has 2 aromatic carbocycles. The summed E-state index contributed by atoms with van der Waals surface area (Å²) in [5.41, 5.74) is 3.35. The van der Waals surface area contributed by atoms with Crippen LogP contribution < -0.4 is 19.5 Å². The van der Waals surface area contributed by atoms with Crippen LogP contribution in [0.1, 0.15) is 10.4 Å². The van der Waals surface area contributed by atoms with Gasteiger partial charge in [-0.3, -0.25) is 4.79 Å². The maximum Gasteiger partial charge on any atom is 0.263 e. The molecule has 8 nitrogen and oxygen atoms in total. The zero-order valence-corrected chi connectivity index (χ0v) is 16.7. The Bertz CT molecular complexity index is 1180. The highest BCUT2D eigenvalue weighted by Crippen LogP contribution is 2.29. The monoisotopic (exact) mass is 404 g/mol. The van der Waals surface area contributed by atoms with E-state index in [1.807, 2.05) is 36.5 Å². The molecule has 0 bridgehead atoms. The molecule has 2 aromatic heterocycles.